The summed E-state index contributed by atoms with van der Waals surface area (Å²) in [5.41, 5.74) is 3.68. The number of non-ortho nitro benzene ring substituents is 1. The van der Waals surface area contributed by atoms with Crippen molar-refractivity contribution in [1.29, 1.82) is 0 Å². The first kappa shape index (κ1) is 15.9. The van der Waals surface area contributed by atoms with E-state index >= 15 is 0 Å². The molecule has 0 aliphatic carbocycles. The molecule has 10 nitrogen and oxygen atoms in total. The molecule has 1 saturated heterocycles. The third kappa shape index (κ3) is 3.16. The molecule has 0 spiro atoms. The fraction of sp³-hybridized carbons (Fsp3) is 0.250. The van der Waals surface area contributed by atoms with Gasteiger partial charge in [-0.05, 0) is 30.5 Å². The van der Waals surface area contributed by atoms with Crippen molar-refractivity contribution in [2.45, 2.75) is 12.8 Å². The van der Waals surface area contributed by atoms with E-state index in [0.717, 1.165) is 37.3 Å². The van der Waals surface area contributed by atoms with Crippen molar-refractivity contribution in [2.24, 2.45) is 5.10 Å². The molecule has 0 atom stereocenters. The van der Waals surface area contributed by atoms with E-state index in [9.17, 15) is 10.1 Å². The molecule has 4 rings (SSSR count). The van der Waals surface area contributed by atoms with Crippen molar-refractivity contribution in [2.75, 3.05) is 23.4 Å². The normalized spacial score (nSPS) is 14.4. The van der Waals surface area contributed by atoms with Gasteiger partial charge >= 0.3 is 0 Å². The van der Waals surface area contributed by atoms with E-state index in [1.807, 2.05) is 6.07 Å². The Morgan fingerprint density at radius 2 is 2.00 bits per heavy atom. The molecule has 0 saturated carbocycles. The summed E-state index contributed by atoms with van der Waals surface area (Å²) in [6, 6.07) is 8.03. The molecule has 0 bridgehead atoms. The Bertz CT molecular complexity index is 960. The van der Waals surface area contributed by atoms with Crippen LogP contribution in [0, 0.1) is 10.1 Å². The minimum Gasteiger partial charge on any atom is -0.356 e. The fourth-order valence-electron chi connectivity index (χ4n) is 2.88. The first-order chi connectivity index (χ1) is 12.7. The van der Waals surface area contributed by atoms with Crippen molar-refractivity contribution < 1.29 is 4.92 Å². The fourth-order valence-corrected chi connectivity index (χ4v) is 2.88. The van der Waals surface area contributed by atoms with Crippen LogP contribution in [0.3, 0.4) is 0 Å². The quantitative estimate of drug-likeness (QED) is 0.425. The van der Waals surface area contributed by atoms with Crippen LogP contribution in [0.2, 0.25) is 0 Å². The lowest BCUT2D eigenvalue weighted by molar-refractivity contribution is -0.384. The van der Waals surface area contributed by atoms with Crippen LogP contribution >= 0.6 is 0 Å². The number of hydrogen-bond donors (Lipinski definition) is 1. The van der Waals surface area contributed by atoms with E-state index in [0.29, 0.717) is 11.6 Å². The topological polar surface area (TPSA) is 114 Å². The van der Waals surface area contributed by atoms with Crippen LogP contribution in [0.5, 0.6) is 0 Å². The SMILES string of the molecule is O=[N+]([O-])c1ccc(/C=N/Nc2cc(N3CCCC3)n3ncnc3n2)cc1. The lowest BCUT2D eigenvalue weighted by Crippen LogP contribution is -2.21. The summed E-state index contributed by atoms with van der Waals surface area (Å²) in [4.78, 5) is 21.0. The highest BCUT2D eigenvalue weighted by Gasteiger charge is 2.17. The summed E-state index contributed by atoms with van der Waals surface area (Å²) in [7, 11) is 0. The van der Waals surface area contributed by atoms with Gasteiger partial charge in [0.1, 0.15) is 12.1 Å². The van der Waals surface area contributed by atoms with Gasteiger partial charge in [0.25, 0.3) is 11.5 Å². The smallest absolute Gasteiger partial charge is 0.269 e. The van der Waals surface area contributed by atoms with Gasteiger partial charge in [0.15, 0.2) is 5.82 Å². The van der Waals surface area contributed by atoms with Gasteiger partial charge in [-0.15, -0.1) is 0 Å². The van der Waals surface area contributed by atoms with Crippen molar-refractivity contribution in [3.8, 4) is 0 Å². The second-order valence-electron chi connectivity index (χ2n) is 5.88. The number of anilines is 2. The Labute approximate surface area is 148 Å². The Balaban J connectivity index is 1.54. The third-order valence-electron chi connectivity index (χ3n) is 4.16. The summed E-state index contributed by atoms with van der Waals surface area (Å²) < 4.78 is 1.72. The van der Waals surface area contributed by atoms with Gasteiger partial charge in [-0.1, -0.05) is 0 Å². The maximum Gasteiger partial charge on any atom is 0.269 e. The van der Waals surface area contributed by atoms with Crippen LogP contribution in [0.1, 0.15) is 18.4 Å². The molecule has 0 amide bonds. The molecule has 26 heavy (non-hydrogen) atoms. The van der Waals surface area contributed by atoms with Gasteiger partial charge in [-0.2, -0.15) is 24.7 Å². The van der Waals surface area contributed by atoms with E-state index < -0.39 is 4.92 Å². The number of fused-ring (bicyclic) bond motifs is 1. The molecule has 0 unspecified atom stereocenters. The Morgan fingerprint density at radius 1 is 1.23 bits per heavy atom. The minimum absolute atomic E-state index is 0.0456. The van der Waals surface area contributed by atoms with Crippen LogP contribution in [0.15, 0.2) is 41.8 Å². The molecule has 1 aliphatic rings. The molecule has 1 aromatic carbocycles. The van der Waals surface area contributed by atoms with E-state index in [1.54, 1.807) is 22.9 Å². The van der Waals surface area contributed by atoms with Gasteiger partial charge in [-0.25, -0.2) is 0 Å². The Morgan fingerprint density at radius 3 is 2.73 bits per heavy atom. The summed E-state index contributed by atoms with van der Waals surface area (Å²) in [6.45, 7) is 1.95. The summed E-state index contributed by atoms with van der Waals surface area (Å²) in [5.74, 6) is 1.99. The maximum absolute atomic E-state index is 10.7. The molecular formula is C16H16N8O2. The summed E-state index contributed by atoms with van der Waals surface area (Å²) in [6.07, 6.45) is 5.36. The zero-order chi connectivity index (χ0) is 17.9. The molecule has 3 heterocycles. The zero-order valence-corrected chi connectivity index (χ0v) is 13.8. The summed E-state index contributed by atoms with van der Waals surface area (Å²) >= 11 is 0. The molecule has 0 radical (unpaired) electrons. The highest BCUT2D eigenvalue weighted by atomic mass is 16.6. The van der Waals surface area contributed by atoms with Crippen molar-refractivity contribution in [3.63, 3.8) is 0 Å². The van der Waals surface area contributed by atoms with E-state index in [2.05, 4.69) is 30.5 Å². The first-order valence-electron chi connectivity index (χ1n) is 8.20. The Kier molecular flexibility index (Phi) is 4.14. The van der Waals surface area contributed by atoms with Crippen molar-refractivity contribution in [3.05, 3.63) is 52.3 Å². The van der Waals surface area contributed by atoms with Gasteiger partial charge in [0, 0.05) is 31.3 Å². The predicted molar refractivity (Wildman–Crippen MR) is 96.5 cm³/mol. The average molecular weight is 352 g/mol. The standard InChI is InChI=1S/C16H16N8O2/c25-24(26)13-5-3-12(4-6-13)10-18-21-14-9-15(22-7-1-2-8-22)23-16(20-14)17-11-19-23/h3-6,9-11H,1-2,7-8H2,(H,17,19,20,21)/b18-10+. The molecule has 132 valence electrons. The molecule has 1 N–H and O–H groups in total. The minimum atomic E-state index is -0.434. The monoisotopic (exact) mass is 352 g/mol. The largest absolute Gasteiger partial charge is 0.356 e. The van der Waals surface area contributed by atoms with Crippen LogP contribution < -0.4 is 10.3 Å². The molecule has 2 aromatic heterocycles. The number of benzene rings is 1. The van der Waals surface area contributed by atoms with Crippen LogP contribution in [0.25, 0.3) is 5.78 Å². The number of nitrogens with one attached hydrogen (secondary N) is 1. The zero-order valence-electron chi connectivity index (χ0n) is 13.8. The van der Waals surface area contributed by atoms with Crippen molar-refractivity contribution >= 4 is 29.3 Å². The number of hydrazone groups is 1. The van der Waals surface area contributed by atoms with Gasteiger partial charge < -0.3 is 4.90 Å². The Hall–Kier alpha value is -3.56. The third-order valence-corrected chi connectivity index (χ3v) is 4.16. The molecule has 1 fully saturated rings. The molecular weight excluding hydrogens is 336 g/mol. The highest BCUT2D eigenvalue weighted by molar-refractivity contribution is 5.80. The van der Waals surface area contributed by atoms with E-state index in [-0.39, 0.29) is 5.69 Å². The van der Waals surface area contributed by atoms with E-state index in [1.165, 1.54) is 18.5 Å². The van der Waals surface area contributed by atoms with Crippen LogP contribution in [0.4, 0.5) is 17.3 Å². The first-order valence-corrected chi connectivity index (χ1v) is 8.20. The van der Waals surface area contributed by atoms with E-state index in [4.69, 9.17) is 0 Å². The highest BCUT2D eigenvalue weighted by Crippen LogP contribution is 2.22. The number of aromatic nitrogens is 4. The lowest BCUT2D eigenvalue weighted by Gasteiger charge is -2.18. The second kappa shape index (κ2) is 6.75. The number of nitro groups is 1. The number of rotatable bonds is 5. The van der Waals surface area contributed by atoms with Gasteiger partial charge in [-0.3, -0.25) is 15.5 Å². The molecule has 10 heteroatoms. The van der Waals surface area contributed by atoms with Crippen LogP contribution in [-0.4, -0.2) is 43.8 Å². The second-order valence-corrected chi connectivity index (χ2v) is 5.88. The van der Waals surface area contributed by atoms with Crippen molar-refractivity contribution in [1.82, 2.24) is 19.6 Å². The number of nitrogens with zero attached hydrogens (tertiary/aromatic N) is 7. The molecule has 1 aliphatic heterocycles. The number of hydrogen-bond acceptors (Lipinski definition) is 8. The predicted octanol–water partition coefficient (Wildman–Crippen LogP) is 2.08. The lowest BCUT2D eigenvalue weighted by atomic mass is 10.2. The van der Waals surface area contributed by atoms with Crippen LogP contribution in [-0.2, 0) is 0 Å². The van der Waals surface area contributed by atoms with Gasteiger partial charge in [0.2, 0.25) is 0 Å². The van der Waals surface area contributed by atoms with Gasteiger partial charge in [0.05, 0.1) is 11.1 Å². The maximum atomic E-state index is 10.7. The average Bonchev–Trinajstić information content (AvgIpc) is 3.33. The summed E-state index contributed by atoms with van der Waals surface area (Å²) in [5, 5.41) is 19.1. The number of nitro benzene ring substituents is 1. The molecule has 3 aromatic rings.